The van der Waals surface area contributed by atoms with Crippen LogP contribution in [0.3, 0.4) is 0 Å². The highest BCUT2D eigenvalue weighted by Gasteiger charge is 2.15. The quantitative estimate of drug-likeness (QED) is 0.916. The Morgan fingerprint density at radius 2 is 1.65 bits per heavy atom. The van der Waals surface area contributed by atoms with E-state index >= 15 is 0 Å². The molecule has 0 fully saturated rings. The number of anilines is 2. The molecule has 1 heterocycles. The molecule has 1 amide bonds. The highest BCUT2D eigenvalue weighted by molar-refractivity contribution is 5.93. The zero-order chi connectivity index (χ0) is 17.0. The zero-order valence-corrected chi connectivity index (χ0v) is 14.5. The summed E-state index contributed by atoms with van der Waals surface area (Å²) in [5, 5.41) is 3.32. The molecular formula is C18H24N4O. The molecule has 122 valence electrons. The summed E-state index contributed by atoms with van der Waals surface area (Å²) in [6.07, 6.45) is 1.43. The minimum Gasteiger partial charge on any atom is -0.340 e. The fraction of sp³-hybridized carbons (Fsp3) is 0.389. The lowest BCUT2D eigenvalue weighted by Crippen LogP contribution is -2.31. The first-order chi connectivity index (χ1) is 11.0. The van der Waals surface area contributed by atoms with Gasteiger partial charge in [-0.1, -0.05) is 17.7 Å². The van der Waals surface area contributed by atoms with Gasteiger partial charge in [0.2, 0.25) is 0 Å². The Morgan fingerprint density at radius 3 is 2.22 bits per heavy atom. The number of aromatic nitrogens is 2. The number of hydrogen-bond donors (Lipinski definition) is 1. The SMILES string of the molecule is CCN(CC)C(=O)c1cc(Nc2c(C)cc(C)cc2C)ncn1. The normalized spacial score (nSPS) is 10.5. The van der Waals surface area contributed by atoms with Crippen molar-refractivity contribution in [3.8, 4) is 0 Å². The average Bonchev–Trinajstić information content (AvgIpc) is 2.52. The van der Waals surface area contributed by atoms with Crippen LogP contribution in [0.2, 0.25) is 0 Å². The van der Waals surface area contributed by atoms with Gasteiger partial charge in [-0.25, -0.2) is 9.97 Å². The summed E-state index contributed by atoms with van der Waals surface area (Å²) >= 11 is 0. The third kappa shape index (κ3) is 3.86. The van der Waals surface area contributed by atoms with E-state index in [-0.39, 0.29) is 5.91 Å². The molecule has 1 aromatic carbocycles. The Hall–Kier alpha value is -2.43. The van der Waals surface area contributed by atoms with Crippen molar-refractivity contribution in [2.45, 2.75) is 34.6 Å². The van der Waals surface area contributed by atoms with E-state index in [1.807, 2.05) is 13.8 Å². The summed E-state index contributed by atoms with van der Waals surface area (Å²) < 4.78 is 0. The first-order valence-corrected chi connectivity index (χ1v) is 7.92. The molecule has 1 aromatic heterocycles. The smallest absolute Gasteiger partial charge is 0.272 e. The Morgan fingerprint density at radius 1 is 1.04 bits per heavy atom. The molecule has 23 heavy (non-hydrogen) atoms. The lowest BCUT2D eigenvalue weighted by atomic mass is 10.1. The number of hydrogen-bond acceptors (Lipinski definition) is 4. The molecule has 0 aliphatic carbocycles. The maximum Gasteiger partial charge on any atom is 0.272 e. The van der Waals surface area contributed by atoms with Crippen molar-refractivity contribution < 1.29 is 4.79 Å². The molecule has 0 saturated heterocycles. The van der Waals surface area contributed by atoms with Crippen LogP contribution in [-0.4, -0.2) is 33.9 Å². The highest BCUT2D eigenvalue weighted by atomic mass is 16.2. The van der Waals surface area contributed by atoms with Crippen LogP contribution in [0.4, 0.5) is 11.5 Å². The first kappa shape index (κ1) is 16.9. The fourth-order valence-electron chi connectivity index (χ4n) is 2.72. The molecule has 1 N–H and O–H groups in total. The topological polar surface area (TPSA) is 58.1 Å². The largest absolute Gasteiger partial charge is 0.340 e. The second-order valence-corrected chi connectivity index (χ2v) is 5.66. The molecule has 5 heteroatoms. The summed E-state index contributed by atoms with van der Waals surface area (Å²) in [7, 11) is 0. The number of aryl methyl sites for hydroxylation is 3. The molecule has 0 radical (unpaired) electrons. The van der Waals surface area contributed by atoms with Crippen LogP contribution >= 0.6 is 0 Å². The third-order valence-corrected chi connectivity index (χ3v) is 3.87. The van der Waals surface area contributed by atoms with E-state index in [4.69, 9.17) is 0 Å². The molecule has 0 unspecified atom stereocenters. The number of carbonyl (C=O) groups is 1. The van der Waals surface area contributed by atoms with E-state index in [0.29, 0.717) is 24.6 Å². The second kappa shape index (κ2) is 7.22. The zero-order valence-electron chi connectivity index (χ0n) is 14.5. The van der Waals surface area contributed by atoms with Crippen LogP contribution in [0.25, 0.3) is 0 Å². The van der Waals surface area contributed by atoms with E-state index in [0.717, 1.165) is 16.8 Å². The Balaban J connectivity index is 2.29. The number of amides is 1. The van der Waals surface area contributed by atoms with E-state index in [2.05, 4.69) is 48.2 Å². The minimum absolute atomic E-state index is 0.0715. The molecule has 0 atom stereocenters. The van der Waals surface area contributed by atoms with Crippen LogP contribution in [0, 0.1) is 20.8 Å². The van der Waals surface area contributed by atoms with Gasteiger partial charge in [0.15, 0.2) is 0 Å². The number of carbonyl (C=O) groups excluding carboxylic acids is 1. The molecular weight excluding hydrogens is 288 g/mol. The van der Waals surface area contributed by atoms with Crippen molar-refractivity contribution in [1.82, 2.24) is 14.9 Å². The van der Waals surface area contributed by atoms with Crippen LogP contribution in [0.15, 0.2) is 24.5 Å². The third-order valence-electron chi connectivity index (χ3n) is 3.87. The van der Waals surface area contributed by atoms with E-state index in [9.17, 15) is 4.79 Å². The molecule has 5 nitrogen and oxygen atoms in total. The molecule has 0 aliphatic heterocycles. The van der Waals surface area contributed by atoms with Crippen LogP contribution < -0.4 is 5.32 Å². The number of nitrogens with one attached hydrogen (secondary N) is 1. The van der Waals surface area contributed by atoms with Gasteiger partial charge in [0.25, 0.3) is 5.91 Å². The average molecular weight is 312 g/mol. The Bertz CT molecular complexity index is 685. The van der Waals surface area contributed by atoms with Crippen molar-refractivity contribution in [3.05, 3.63) is 46.9 Å². The molecule has 0 bridgehead atoms. The molecule has 2 rings (SSSR count). The monoisotopic (exact) mass is 312 g/mol. The van der Waals surface area contributed by atoms with E-state index in [1.54, 1.807) is 11.0 Å². The Kier molecular flexibility index (Phi) is 5.32. The molecule has 2 aromatic rings. The summed E-state index contributed by atoms with van der Waals surface area (Å²) in [5.74, 6) is 0.559. The van der Waals surface area contributed by atoms with Gasteiger partial charge < -0.3 is 10.2 Å². The van der Waals surface area contributed by atoms with Gasteiger partial charge in [-0.05, 0) is 45.7 Å². The summed E-state index contributed by atoms with van der Waals surface area (Å²) in [5.41, 5.74) is 4.96. The van der Waals surface area contributed by atoms with Gasteiger partial charge in [-0.15, -0.1) is 0 Å². The van der Waals surface area contributed by atoms with Crippen LogP contribution in [0.1, 0.15) is 41.0 Å². The van der Waals surface area contributed by atoms with Gasteiger partial charge in [-0.3, -0.25) is 4.79 Å². The second-order valence-electron chi connectivity index (χ2n) is 5.66. The predicted octanol–water partition coefficient (Wildman–Crippen LogP) is 3.63. The molecule has 0 aliphatic rings. The summed E-state index contributed by atoms with van der Waals surface area (Å²) in [6, 6.07) is 5.95. The standard InChI is InChI=1S/C18H24N4O/c1-6-22(7-2)18(23)15-10-16(20-11-19-15)21-17-13(4)8-12(3)9-14(17)5/h8-11H,6-7H2,1-5H3,(H,19,20,21). The van der Waals surface area contributed by atoms with Crippen LogP contribution in [0.5, 0.6) is 0 Å². The number of rotatable bonds is 5. The van der Waals surface area contributed by atoms with E-state index in [1.165, 1.54) is 11.9 Å². The number of nitrogens with zero attached hydrogens (tertiary/aromatic N) is 3. The fourth-order valence-corrected chi connectivity index (χ4v) is 2.72. The first-order valence-electron chi connectivity index (χ1n) is 7.92. The van der Waals surface area contributed by atoms with E-state index < -0.39 is 0 Å². The lowest BCUT2D eigenvalue weighted by Gasteiger charge is -2.18. The van der Waals surface area contributed by atoms with Gasteiger partial charge in [-0.2, -0.15) is 0 Å². The van der Waals surface area contributed by atoms with Gasteiger partial charge >= 0.3 is 0 Å². The summed E-state index contributed by atoms with van der Waals surface area (Å²) in [4.78, 5) is 22.5. The number of benzene rings is 1. The lowest BCUT2D eigenvalue weighted by molar-refractivity contribution is 0.0767. The van der Waals surface area contributed by atoms with Crippen molar-refractivity contribution in [1.29, 1.82) is 0 Å². The molecule has 0 saturated carbocycles. The van der Waals surface area contributed by atoms with Crippen LogP contribution in [-0.2, 0) is 0 Å². The van der Waals surface area contributed by atoms with Crippen molar-refractivity contribution >= 4 is 17.4 Å². The maximum atomic E-state index is 12.4. The minimum atomic E-state index is -0.0715. The maximum absolute atomic E-state index is 12.4. The van der Waals surface area contributed by atoms with Gasteiger partial charge in [0.1, 0.15) is 17.8 Å². The van der Waals surface area contributed by atoms with Gasteiger partial charge in [0, 0.05) is 24.8 Å². The molecule has 0 spiro atoms. The highest BCUT2D eigenvalue weighted by Crippen LogP contribution is 2.25. The van der Waals surface area contributed by atoms with Gasteiger partial charge in [0.05, 0.1) is 0 Å². The van der Waals surface area contributed by atoms with Crippen molar-refractivity contribution in [2.75, 3.05) is 18.4 Å². The van der Waals surface area contributed by atoms with Crippen molar-refractivity contribution in [3.63, 3.8) is 0 Å². The summed E-state index contributed by atoms with van der Waals surface area (Å²) in [6.45, 7) is 11.4. The Labute approximate surface area is 137 Å². The van der Waals surface area contributed by atoms with Crippen molar-refractivity contribution in [2.24, 2.45) is 0 Å². The predicted molar refractivity (Wildman–Crippen MR) is 93.2 cm³/mol.